The maximum atomic E-state index is 11.3. The van der Waals surface area contributed by atoms with Gasteiger partial charge in [-0.3, -0.25) is 4.79 Å². The molecule has 2 N–H and O–H groups in total. The molecule has 0 fully saturated rings. The van der Waals surface area contributed by atoms with Crippen molar-refractivity contribution < 1.29 is 38.8 Å². The maximum absolute atomic E-state index is 11.3. The minimum absolute atomic E-state index is 0.0669. The molecule has 0 radical (unpaired) electrons. The molecule has 1 rings (SSSR count). The summed E-state index contributed by atoms with van der Waals surface area (Å²) in [6, 6.07) is 1.87. The van der Waals surface area contributed by atoms with Crippen LogP contribution < -0.4 is 14.0 Å². The molecule has 0 saturated carbocycles. The number of hydrogen-bond donors (Lipinski definition) is 2. The molecule has 2 atom stereocenters. The summed E-state index contributed by atoms with van der Waals surface area (Å²) in [4.78, 5) is 19.8. The van der Waals surface area contributed by atoms with Gasteiger partial charge in [0.15, 0.2) is 5.16 Å². The third-order valence-electron chi connectivity index (χ3n) is 2.03. The van der Waals surface area contributed by atoms with Gasteiger partial charge in [0, 0.05) is 11.4 Å². The summed E-state index contributed by atoms with van der Waals surface area (Å²) in [7, 11) is -4.69. The number of aliphatic hydroxyl groups is 1. The maximum Gasteiger partial charge on any atom is 0.188 e. The van der Waals surface area contributed by atoms with E-state index in [2.05, 4.69) is 9.97 Å². The first-order valence-corrected chi connectivity index (χ1v) is 7.85. The van der Waals surface area contributed by atoms with Crippen LogP contribution in [0.25, 0.3) is 0 Å². The Bertz CT molecular complexity index is 454. The minimum atomic E-state index is -4.69. The number of carbonyl (C=O) groups is 1. The van der Waals surface area contributed by atoms with Crippen molar-refractivity contribution in [2.24, 2.45) is 0 Å². The van der Waals surface area contributed by atoms with Crippen LogP contribution in [0.2, 0.25) is 0 Å². The predicted octanol–water partition coefficient (Wildman–Crippen LogP) is -2.60. The van der Waals surface area contributed by atoms with Gasteiger partial charge in [0.05, 0.1) is 26.3 Å². The lowest BCUT2D eigenvalue weighted by Crippen LogP contribution is -2.58. The zero-order valence-electron chi connectivity index (χ0n) is 11.9. The Morgan fingerprint density at radius 3 is 1.95 bits per heavy atom. The first-order chi connectivity index (χ1) is 9.40. The van der Waals surface area contributed by atoms with Crippen molar-refractivity contribution in [1.29, 1.82) is 0 Å². The zero-order chi connectivity index (χ0) is 16.8. The Morgan fingerprint density at radius 1 is 1.29 bits per heavy atom. The average molecular weight is 341 g/mol. The fraction of sp³-hybridized carbons (Fsp3) is 0.545. The van der Waals surface area contributed by atoms with E-state index in [1.54, 1.807) is 6.92 Å². The molecule has 0 spiro atoms. The summed E-state index contributed by atoms with van der Waals surface area (Å²) in [5.41, 5.74) is 1.73. The highest BCUT2D eigenvalue weighted by Gasteiger charge is 2.22. The van der Waals surface area contributed by atoms with Crippen LogP contribution in [0, 0.1) is 24.1 Å². The van der Waals surface area contributed by atoms with Gasteiger partial charge in [-0.1, -0.05) is 11.8 Å². The third kappa shape index (κ3) is 10.5. The van der Waals surface area contributed by atoms with Crippen LogP contribution in [-0.2, 0) is 4.79 Å². The Hall–Kier alpha value is -0.810. The Morgan fingerprint density at radius 2 is 1.67 bits per heavy atom. The van der Waals surface area contributed by atoms with Gasteiger partial charge in [0.25, 0.3) is 0 Å². The van der Waals surface area contributed by atoms with E-state index in [9.17, 15) is 9.90 Å². The Kier molecular flexibility index (Phi) is 8.26. The number of ketones is 1. The van der Waals surface area contributed by atoms with Gasteiger partial charge in [-0.25, -0.2) is 9.97 Å². The van der Waals surface area contributed by atoms with Gasteiger partial charge in [-0.2, -0.15) is 14.0 Å². The molecule has 21 heavy (non-hydrogen) atoms. The van der Waals surface area contributed by atoms with Gasteiger partial charge in [-0.15, -0.1) is 0 Å². The quantitative estimate of drug-likeness (QED) is 0.443. The van der Waals surface area contributed by atoms with Gasteiger partial charge >= 0.3 is 0 Å². The highest BCUT2D eigenvalue weighted by Crippen LogP contribution is 2.23. The second-order valence-electron chi connectivity index (χ2n) is 4.22. The molecule has 10 heteroatoms. The Balaban J connectivity index is 0.000000690. The molecular weight excluding hydrogens is 324 g/mol. The molecule has 0 aromatic carbocycles. The van der Waals surface area contributed by atoms with Gasteiger partial charge in [0.2, 0.25) is 0 Å². The lowest BCUT2D eigenvalue weighted by Gasteiger charge is -2.15. The number of nitrogens with zero attached hydrogens (tertiary/aromatic N) is 2. The summed E-state index contributed by atoms with van der Waals surface area (Å²) < 4.78 is 32.7. The number of aromatic nitrogens is 2. The van der Waals surface area contributed by atoms with Crippen molar-refractivity contribution >= 4 is 17.5 Å². The normalized spacial score (nSPS) is 14.0. The van der Waals surface area contributed by atoms with E-state index in [0.717, 1.165) is 11.4 Å². The Labute approximate surface area is 128 Å². The largest absolute Gasteiger partial charge is 0.392 e. The summed E-state index contributed by atoms with van der Waals surface area (Å²) in [6.07, 6.45) is -0.702. The lowest BCUT2D eigenvalue weighted by molar-refractivity contribution is -1.92. The van der Waals surface area contributed by atoms with E-state index >= 15 is 0 Å². The van der Waals surface area contributed by atoms with Gasteiger partial charge < -0.3 is 5.11 Å². The fourth-order valence-electron chi connectivity index (χ4n) is 1.38. The smallest absolute Gasteiger partial charge is 0.188 e. The van der Waals surface area contributed by atoms with Gasteiger partial charge in [0.1, 0.15) is 5.78 Å². The SMILES string of the molecule is CC(=O)C(Sc1nc(C)cc(C)n1)C(C)O.[O-][Cl+3]([O-])([O-])O. The van der Waals surface area contributed by atoms with Crippen molar-refractivity contribution in [2.45, 2.75) is 44.2 Å². The van der Waals surface area contributed by atoms with Crippen LogP contribution in [0.4, 0.5) is 0 Å². The summed E-state index contributed by atoms with van der Waals surface area (Å²) in [6.45, 7) is 6.82. The van der Waals surface area contributed by atoms with E-state index < -0.39 is 21.6 Å². The molecule has 2 unspecified atom stereocenters. The molecule has 0 aliphatic carbocycles. The minimum Gasteiger partial charge on any atom is -0.392 e. The first-order valence-electron chi connectivity index (χ1n) is 5.71. The van der Waals surface area contributed by atoms with Crippen LogP contribution in [0.1, 0.15) is 25.2 Å². The number of carbonyl (C=O) groups excluding carboxylic acids is 1. The highest BCUT2D eigenvalue weighted by atomic mass is 35.7. The van der Waals surface area contributed by atoms with Crippen LogP contribution in [0.3, 0.4) is 0 Å². The van der Waals surface area contributed by atoms with Gasteiger partial charge in [-0.05, 0) is 33.8 Å². The van der Waals surface area contributed by atoms with Crippen molar-refractivity contribution in [2.75, 3.05) is 0 Å². The molecule has 8 nitrogen and oxygen atoms in total. The first kappa shape index (κ1) is 20.2. The summed E-state index contributed by atoms with van der Waals surface area (Å²) >= 11 is 1.21. The monoisotopic (exact) mass is 340 g/mol. The molecule has 0 aliphatic heterocycles. The van der Waals surface area contributed by atoms with E-state index in [0.29, 0.717) is 5.16 Å². The molecule has 1 heterocycles. The van der Waals surface area contributed by atoms with Crippen LogP contribution in [-0.4, -0.2) is 36.9 Å². The molecule has 0 bridgehead atoms. The summed E-state index contributed by atoms with van der Waals surface area (Å²) in [5, 5.41) is 9.53. The number of Topliss-reactive ketones (excluding diaryl/α,β-unsaturated/α-hetero) is 1. The molecule has 0 saturated heterocycles. The standard InChI is InChI=1S/C11H16N2O2S.ClHO4/c1-6-5-7(2)13-11(12-6)16-10(8(3)14)9(4)15;2-1(3,4)5/h5,8,10,14H,1-4H3;(H,2,3,4,5). The molecule has 1 aromatic rings. The second kappa shape index (κ2) is 8.59. The van der Waals surface area contributed by atoms with E-state index in [4.69, 9.17) is 18.6 Å². The number of hydrogen-bond acceptors (Lipinski definition) is 9. The predicted molar refractivity (Wildman–Crippen MR) is 65.7 cm³/mol. The van der Waals surface area contributed by atoms with E-state index in [-0.39, 0.29) is 5.78 Å². The van der Waals surface area contributed by atoms with Crippen molar-refractivity contribution in [3.8, 4) is 0 Å². The number of aryl methyl sites for hydroxylation is 2. The number of rotatable bonds is 4. The molecule has 0 aliphatic rings. The second-order valence-corrected chi connectivity index (χ2v) is 6.12. The van der Waals surface area contributed by atoms with Crippen LogP contribution in [0.5, 0.6) is 0 Å². The number of thioether (sulfide) groups is 1. The fourth-order valence-corrected chi connectivity index (χ4v) is 2.36. The van der Waals surface area contributed by atoms with Crippen molar-refractivity contribution in [3.63, 3.8) is 0 Å². The van der Waals surface area contributed by atoms with Crippen molar-refractivity contribution in [1.82, 2.24) is 9.97 Å². The van der Waals surface area contributed by atoms with Crippen LogP contribution >= 0.6 is 11.8 Å². The molecular formula is C11H17ClN2O6S. The van der Waals surface area contributed by atoms with E-state index in [1.807, 2.05) is 19.9 Å². The third-order valence-corrected chi connectivity index (χ3v) is 3.41. The topological polar surface area (TPSA) is 152 Å². The summed E-state index contributed by atoms with van der Waals surface area (Å²) in [5.74, 6) is -0.0669. The number of halogens is 1. The zero-order valence-corrected chi connectivity index (χ0v) is 13.5. The number of aliphatic hydroxyl groups excluding tert-OH is 1. The molecule has 0 amide bonds. The van der Waals surface area contributed by atoms with E-state index in [1.165, 1.54) is 18.7 Å². The lowest BCUT2D eigenvalue weighted by atomic mass is 10.2. The molecule has 1 aromatic heterocycles. The van der Waals surface area contributed by atoms with Crippen molar-refractivity contribution in [3.05, 3.63) is 17.5 Å². The molecule has 120 valence electrons. The average Bonchev–Trinajstić information content (AvgIpc) is 2.21. The highest BCUT2D eigenvalue weighted by molar-refractivity contribution is 8.00. The van der Waals surface area contributed by atoms with Crippen LogP contribution in [0.15, 0.2) is 11.2 Å².